The van der Waals surface area contributed by atoms with Crippen molar-refractivity contribution >= 4 is 0 Å². The SMILES string of the molecule is CCCCCCCCCCCCCCOOC(CC)CCCCCCCCCCCCC. The van der Waals surface area contributed by atoms with Crippen LogP contribution in [0, 0.1) is 0 Å². The molecule has 0 aromatic rings. The highest BCUT2D eigenvalue weighted by Crippen LogP contribution is 2.15. The van der Waals surface area contributed by atoms with Gasteiger partial charge in [0, 0.05) is 0 Å². The van der Waals surface area contributed by atoms with Gasteiger partial charge in [0.15, 0.2) is 0 Å². The number of unbranched alkanes of at least 4 members (excludes halogenated alkanes) is 21. The first-order valence-corrected chi connectivity index (χ1v) is 15.1. The molecule has 0 fully saturated rings. The van der Waals surface area contributed by atoms with Crippen LogP contribution in [0.5, 0.6) is 0 Å². The molecule has 2 heteroatoms. The van der Waals surface area contributed by atoms with E-state index in [4.69, 9.17) is 9.78 Å². The van der Waals surface area contributed by atoms with Gasteiger partial charge < -0.3 is 0 Å². The monoisotopic (exact) mass is 454 g/mol. The first-order valence-electron chi connectivity index (χ1n) is 15.1. The van der Waals surface area contributed by atoms with Crippen molar-refractivity contribution < 1.29 is 9.78 Å². The third-order valence-corrected chi connectivity index (χ3v) is 6.87. The fourth-order valence-corrected chi connectivity index (χ4v) is 4.50. The van der Waals surface area contributed by atoms with Crippen LogP contribution in [-0.4, -0.2) is 12.7 Å². The maximum absolute atomic E-state index is 5.68. The summed E-state index contributed by atoms with van der Waals surface area (Å²) in [7, 11) is 0. The van der Waals surface area contributed by atoms with Crippen LogP contribution < -0.4 is 0 Å². The average Bonchev–Trinajstić information content (AvgIpc) is 2.81. The Morgan fingerprint density at radius 1 is 0.406 bits per heavy atom. The molecular weight excluding hydrogens is 392 g/mol. The van der Waals surface area contributed by atoms with Crippen LogP contribution in [0.2, 0.25) is 0 Å². The topological polar surface area (TPSA) is 18.5 Å². The second-order valence-electron chi connectivity index (χ2n) is 10.2. The average molecular weight is 455 g/mol. The Hall–Kier alpha value is -0.0800. The third kappa shape index (κ3) is 26.2. The van der Waals surface area contributed by atoms with Gasteiger partial charge >= 0.3 is 0 Å². The lowest BCUT2D eigenvalue weighted by atomic mass is 10.0. The molecule has 0 aliphatic heterocycles. The van der Waals surface area contributed by atoms with Gasteiger partial charge in [0.2, 0.25) is 0 Å². The zero-order chi connectivity index (χ0) is 23.4. The Morgan fingerprint density at radius 3 is 1.12 bits per heavy atom. The molecule has 0 saturated carbocycles. The summed E-state index contributed by atoms with van der Waals surface area (Å²) >= 11 is 0. The minimum Gasteiger partial charge on any atom is -0.236 e. The molecule has 0 aromatic carbocycles. The van der Waals surface area contributed by atoms with E-state index in [1.807, 2.05) is 0 Å². The molecule has 0 rings (SSSR count). The van der Waals surface area contributed by atoms with Crippen LogP contribution in [0.25, 0.3) is 0 Å². The van der Waals surface area contributed by atoms with Crippen LogP contribution in [0.15, 0.2) is 0 Å². The van der Waals surface area contributed by atoms with Gasteiger partial charge in [-0.15, -0.1) is 0 Å². The largest absolute Gasteiger partial charge is 0.236 e. The van der Waals surface area contributed by atoms with E-state index in [1.165, 1.54) is 141 Å². The van der Waals surface area contributed by atoms with Crippen LogP contribution >= 0.6 is 0 Å². The zero-order valence-electron chi connectivity index (χ0n) is 22.8. The Bertz CT molecular complexity index is 318. The fraction of sp³-hybridized carbons (Fsp3) is 1.00. The van der Waals surface area contributed by atoms with E-state index in [0.717, 1.165) is 25.9 Å². The number of hydrogen-bond donors (Lipinski definition) is 0. The van der Waals surface area contributed by atoms with Crippen molar-refractivity contribution in [2.75, 3.05) is 6.61 Å². The molecule has 2 nitrogen and oxygen atoms in total. The van der Waals surface area contributed by atoms with E-state index in [2.05, 4.69) is 20.8 Å². The van der Waals surface area contributed by atoms with Crippen LogP contribution in [0.3, 0.4) is 0 Å². The van der Waals surface area contributed by atoms with Gasteiger partial charge in [-0.05, 0) is 19.3 Å². The Morgan fingerprint density at radius 2 is 0.750 bits per heavy atom. The smallest absolute Gasteiger partial charge is 0.0927 e. The molecule has 1 unspecified atom stereocenters. The van der Waals surface area contributed by atoms with Crippen molar-refractivity contribution in [3.63, 3.8) is 0 Å². The molecule has 32 heavy (non-hydrogen) atoms. The molecule has 0 N–H and O–H groups in total. The van der Waals surface area contributed by atoms with Gasteiger partial charge in [0.25, 0.3) is 0 Å². The summed E-state index contributed by atoms with van der Waals surface area (Å²) in [5.41, 5.74) is 0. The van der Waals surface area contributed by atoms with Gasteiger partial charge in [0.05, 0.1) is 12.7 Å². The lowest BCUT2D eigenvalue weighted by Crippen LogP contribution is -2.12. The summed E-state index contributed by atoms with van der Waals surface area (Å²) in [6.45, 7) is 7.57. The number of hydrogen-bond acceptors (Lipinski definition) is 2. The minimum absolute atomic E-state index is 0.297. The first kappa shape index (κ1) is 31.9. The van der Waals surface area contributed by atoms with Crippen molar-refractivity contribution in [3.8, 4) is 0 Å². The molecule has 0 radical (unpaired) electrons. The summed E-state index contributed by atoms with van der Waals surface area (Å²) in [5.74, 6) is 0. The van der Waals surface area contributed by atoms with Gasteiger partial charge in [-0.25, -0.2) is 9.78 Å². The molecule has 0 saturated heterocycles. The van der Waals surface area contributed by atoms with Gasteiger partial charge in [-0.3, -0.25) is 0 Å². The third-order valence-electron chi connectivity index (χ3n) is 6.87. The second kappa shape index (κ2) is 29.0. The Balaban J connectivity index is 3.26. The summed E-state index contributed by atoms with van der Waals surface area (Å²) in [6, 6.07) is 0. The first-order chi connectivity index (χ1) is 15.8. The maximum atomic E-state index is 5.68. The quantitative estimate of drug-likeness (QED) is 0.0664. The standard InChI is InChI=1S/C30H62O2/c1-4-7-9-11-13-15-17-19-21-23-25-27-29-31-32-30(6-3)28-26-24-22-20-18-16-14-12-10-8-5-2/h30H,4-29H2,1-3H3. The van der Waals surface area contributed by atoms with Crippen LogP contribution in [0.1, 0.15) is 181 Å². The van der Waals surface area contributed by atoms with Crippen LogP contribution in [-0.2, 0) is 9.78 Å². The lowest BCUT2D eigenvalue weighted by molar-refractivity contribution is -0.326. The van der Waals surface area contributed by atoms with E-state index in [-0.39, 0.29) is 0 Å². The second-order valence-corrected chi connectivity index (χ2v) is 10.2. The highest BCUT2D eigenvalue weighted by molar-refractivity contribution is 4.55. The zero-order valence-corrected chi connectivity index (χ0v) is 22.8. The minimum atomic E-state index is 0.297. The molecular formula is C30H62O2. The summed E-state index contributed by atoms with van der Waals surface area (Å²) in [5, 5.41) is 0. The van der Waals surface area contributed by atoms with Crippen molar-refractivity contribution in [1.29, 1.82) is 0 Å². The highest BCUT2D eigenvalue weighted by atomic mass is 17.2. The van der Waals surface area contributed by atoms with Crippen molar-refractivity contribution in [1.82, 2.24) is 0 Å². The van der Waals surface area contributed by atoms with Gasteiger partial charge in [-0.1, -0.05) is 162 Å². The molecule has 0 amide bonds. The molecule has 0 aromatic heterocycles. The van der Waals surface area contributed by atoms with Gasteiger partial charge in [0.1, 0.15) is 0 Å². The lowest BCUT2D eigenvalue weighted by Gasteiger charge is -2.14. The van der Waals surface area contributed by atoms with Crippen molar-refractivity contribution in [3.05, 3.63) is 0 Å². The molecule has 0 aliphatic rings. The Kier molecular flexibility index (Phi) is 28.9. The van der Waals surface area contributed by atoms with E-state index < -0.39 is 0 Å². The summed E-state index contributed by atoms with van der Waals surface area (Å²) in [4.78, 5) is 11.2. The summed E-state index contributed by atoms with van der Waals surface area (Å²) < 4.78 is 0. The normalized spacial score (nSPS) is 12.5. The highest BCUT2D eigenvalue weighted by Gasteiger charge is 2.07. The summed E-state index contributed by atoms with van der Waals surface area (Å²) in [6.07, 6.45) is 34.5. The molecule has 0 bridgehead atoms. The van der Waals surface area contributed by atoms with Gasteiger partial charge in [-0.2, -0.15) is 0 Å². The molecule has 194 valence electrons. The van der Waals surface area contributed by atoms with Crippen molar-refractivity contribution in [2.45, 2.75) is 187 Å². The Labute approximate surface area is 203 Å². The molecule has 1 atom stereocenters. The van der Waals surface area contributed by atoms with E-state index >= 15 is 0 Å². The van der Waals surface area contributed by atoms with Crippen LogP contribution in [0.4, 0.5) is 0 Å². The molecule has 0 spiro atoms. The number of rotatable bonds is 28. The van der Waals surface area contributed by atoms with E-state index in [9.17, 15) is 0 Å². The van der Waals surface area contributed by atoms with E-state index in [0.29, 0.717) is 6.10 Å². The predicted molar refractivity (Wildman–Crippen MR) is 143 cm³/mol. The molecule has 0 heterocycles. The fourth-order valence-electron chi connectivity index (χ4n) is 4.50. The maximum Gasteiger partial charge on any atom is 0.0927 e. The van der Waals surface area contributed by atoms with Crippen molar-refractivity contribution in [2.24, 2.45) is 0 Å². The predicted octanol–water partition coefficient (Wildman–Crippen LogP) is 11.1. The molecule has 0 aliphatic carbocycles. The van der Waals surface area contributed by atoms with E-state index in [1.54, 1.807) is 0 Å².